The summed E-state index contributed by atoms with van der Waals surface area (Å²) in [6, 6.07) is 7.71. The van der Waals surface area contributed by atoms with Gasteiger partial charge in [-0.25, -0.2) is 14.8 Å². The Balaban J connectivity index is 1.44. The van der Waals surface area contributed by atoms with Crippen molar-refractivity contribution in [3.05, 3.63) is 36.7 Å². The molecule has 1 atom stereocenters. The summed E-state index contributed by atoms with van der Waals surface area (Å²) in [7, 11) is 0. The van der Waals surface area contributed by atoms with Gasteiger partial charge in [0.1, 0.15) is 5.75 Å². The molecular weight excluding hydrogens is 368 g/mol. The number of unbranched alkanes of at least 4 members (excludes halogenated alkanes) is 5. The van der Waals surface area contributed by atoms with Crippen LogP contribution in [0.5, 0.6) is 11.8 Å². The van der Waals surface area contributed by atoms with E-state index in [1.54, 1.807) is 24.5 Å². The molecule has 29 heavy (non-hydrogen) atoms. The van der Waals surface area contributed by atoms with Crippen LogP contribution in [0, 0.1) is 0 Å². The van der Waals surface area contributed by atoms with Crippen molar-refractivity contribution in [3.63, 3.8) is 0 Å². The largest absolute Gasteiger partial charge is 0.463 e. The first-order valence-electron chi connectivity index (χ1n) is 10.6. The SMILES string of the molecule is CCCCCCCCOc1ncc(-c2ccc(OC(=O)[C@H]3CCCO3)cc2)cn1. The fourth-order valence-electron chi connectivity index (χ4n) is 3.25. The van der Waals surface area contributed by atoms with Gasteiger partial charge in [0.25, 0.3) is 0 Å². The fraction of sp³-hybridized carbons (Fsp3) is 0.522. The van der Waals surface area contributed by atoms with Gasteiger partial charge in [0, 0.05) is 24.6 Å². The summed E-state index contributed by atoms with van der Waals surface area (Å²) in [5.74, 6) is 0.180. The highest BCUT2D eigenvalue weighted by Gasteiger charge is 2.25. The van der Waals surface area contributed by atoms with Crippen molar-refractivity contribution < 1.29 is 19.0 Å². The van der Waals surface area contributed by atoms with Gasteiger partial charge in [0.2, 0.25) is 0 Å². The molecule has 6 nitrogen and oxygen atoms in total. The Bertz CT molecular complexity index is 740. The molecule has 0 amide bonds. The molecule has 1 aromatic carbocycles. The maximum absolute atomic E-state index is 12.0. The van der Waals surface area contributed by atoms with Gasteiger partial charge in [-0.05, 0) is 37.0 Å². The number of carbonyl (C=O) groups is 1. The van der Waals surface area contributed by atoms with Crippen molar-refractivity contribution >= 4 is 5.97 Å². The summed E-state index contributed by atoms with van der Waals surface area (Å²) in [6.07, 6.45) is 12.0. The summed E-state index contributed by atoms with van der Waals surface area (Å²) in [6.45, 7) is 3.49. The number of hydrogen-bond donors (Lipinski definition) is 0. The number of aromatic nitrogens is 2. The van der Waals surface area contributed by atoms with E-state index in [0.717, 1.165) is 30.4 Å². The van der Waals surface area contributed by atoms with Gasteiger partial charge in [-0.3, -0.25) is 0 Å². The van der Waals surface area contributed by atoms with Crippen molar-refractivity contribution in [1.82, 2.24) is 9.97 Å². The van der Waals surface area contributed by atoms with Crippen molar-refractivity contribution in [3.8, 4) is 22.9 Å². The van der Waals surface area contributed by atoms with Crippen LogP contribution in [-0.2, 0) is 9.53 Å². The van der Waals surface area contributed by atoms with Crippen LogP contribution in [0.4, 0.5) is 0 Å². The number of hydrogen-bond acceptors (Lipinski definition) is 6. The van der Waals surface area contributed by atoms with E-state index in [-0.39, 0.29) is 5.97 Å². The van der Waals surface area contributed by atoms with Gasteiger partial charge in [-0.1, -0.05) is 51.2 Å². The molecule has 0 saturated carbocycles. The summed E-state index contributed by atoms with van der Waals surface area (Å²) in [4.78, 5) is 20.6. The molecule has 0 spiro atoms. The second-order valence-electron chi connectivity index (χ2n) is 7.32. The minimum Gasteiger partial charge on any atom is -0.463 e. The number of benzene rings is 1. The minimum absolute atomic E-state index is 0.328. The number of ether oxygens (including phenoxy) is 3. The molecule has 0 aliphatic carbocycles. The molecule has 156 valence electrons. The van der Waals surface area contributed by atoms with E-state index in [4.69, 9.17) is 14.2 Å². The zero-order valence-electron chi connectivity index (χ0n) is 17.1. The van der Waals surface area contributed by atoms with Crippen molar-refractivity contribution in [2.75, 3.05) is 13.2 Å². The highest BCUT2D eigenvalue weighted by Crippen LogP contribution is 2.23. The topological polar surface area (TPSA) is 70.5 Å². The van der Waals surface area contributed by atoms with E-state index in [1.807, 2.05) is 12.1 Å². The Kier molecular flexibility index (Phi) is 8.43. The average molecular weight is 399 g/mol. The van der Waals surface area contributed by atoms with E-state index < -0.39 is 6.10 Å². The summed E-state index contributed by atoms with van der Waals surface area (Å²) in [5, 5.41) is 0. The zero-order chi connectivity index (χ0) is 20.3. The molecule has 0 N–H and O–H groups in total. The quantitative estimate of drug-likeness (QED) is 0.302. The first-order valence-corrected chi connectivity index (χ1v) is 10.6. The Morgan fingerprint density at radius 2 is 1.76 bits per heavy atom. The van der Waals surface area contributed by atoms with Gasteiger partial charge < -0.3 is 14.2 Å². The van der Waals surface area contributed by atoms with E-state index in [1.165, 1.54) is 32.1 Å². The number of nitrogens with zero attached hydrogens (tertiary/aromatic N) is 2. The second kappa shape index (κ2) is 11.5. The van der Waals surface area contributed by atoms with Crippen LogP contribution < -0.4 is 9.47 Å². The molecule has 6 heteroatoms. The summed E-state index contributed by atoms with van der Waals surface area (Å²) < 4.78 is 16.3. The third-order valence-electron chi connectivity index (χ3n) is 4.96. The lowest BCUT2D eigenvalue weighted by molar-refractivity contribution is -0.144. The molecule has 0 unspecified atom stereocenters. The predicted octanol–water partition coefficient (Wildman–Crippen LogP) is 4.97. The lowest BCUT2D eigenvalue weighted by atomic mass is 10.1. The standard InChI is InChI=1S/C23H30N2O4/c1-2-3-4-5-6-7-14-28-23-24-16-19(17-25-23)18-10-12-20(13-11-18)29-22(26)21-9-8-15-27-21/h10-13,16-17,21H,2-9,14-15H2,1H3/t21-/m1/s1. The van der Waals surface area contributed by atoms with Gasteiger partial charge >= 0.3 is 12.0 Å². The number of rotatable bonds is 11. The Morgan fingerprint density at radius 1 is 1.03 bits per heavy atom. The third-order valence-corrected chi connectivity index (χ3v) is 4.96. The lowest BCUT2D eigenvalue weighted by Gasteiger charge is -2.10. The maximum Gasteiger partial charge on any atom is 0.340 e. The lowest BCUT2D eigenvalue weighted by Crippen LogP contribution is -2.24. The Labute approximate surface area is 172 Å². The molecule has 3 rings (SSSR count). The van der Waals surface area contributed by atoms with Crippen LogP contribution in [-0.4, -0.2) is 35.3 Å². The Morgan fingerprint density at radius 3 is 2.45 bits per heavy atom. The molecule has 2 heterocycles. The molecule has 1 aromatic heterocycles. The predicted molar refractivity (Wildman–Crippen MR) is 111 cm³/mol. The van der Waals surface area contributed by atoms with Crippen LogP contribution in [0.2, 0.25) is 0 Å². The third kappa shape index (κ3) is 6.82. The molecule has 2 aromatic rings. The van der Waals surface area contributed by atoms with E-state index in [9.17, 15) is 4.79 Å². The maximum atomic E-state index is 12.0. The average Bonchev–Trinajstić information content (AvgIpc) is 3.29. The van der Waals surface area contributed by atoms with Gasteiger partial charge in [-0.15, -0.1) is 0 Å². The molecule has 1 fully saturated rings. The monoisotopic (exact) mass is 398 g/mol. The smallest absolute Gasteiger partial charge is 0.340 e. The van der Waals surface area contributed by atoms with E-state index in [0.29, 0.717) is 25.0 Å². The summed E-state index contributed by atoms with van der Waals surface area (Å²) in [5.41, 5.74) is 1.83. The zero-order valence-corrected chi connectivity index (χ0v) is 17.1. The molecule has 0 radical (unpaired) electrons. The van der Waals surface area contributed by atoms with Gasteiger partial charge in [0.05, 0.1) is 6.61 Å². The molecule has 0 bridgehead atoms. The molecular formula is C23H30N2O4. The molecule has 1 aliphatic heterocycles. The first-order chi connectivity index (χ1) is 14.3. The number of carbonyl (C=O) groups excluding carboxylic acids is 1. The summed E-state index contributed by atoms with van der Waals surface area (Å²) >= 11 is 0. The van der Waals surface area contributed by atoms with Crippen molar-refractivity contribution in [2.45, 2.75) is 64.4 Å². The van der Waals surface area contributed by atoms with Gasteiger partial charge in [-0.2, -0.15) is 0 Å². The normalized spacial score (nSPS) is 16.0. The molecule has 1 saturated heterocycles. The minimum atomic E-state index is -0.438. The van der Waals surface area contributed by atoms with Crippen LogP contribution in [0.3, 0.4) is 0 Å². The fourth-order valence-corrected chi connectivity index (χ4v) is 3.25. The second-order valence-corrected chi connectivity index (χ2v) is 7.32. The van der Waals surface area contributed by atoms with E-state index in [2.05, 4.69) is 16.9 Å². The van der Waals surface area contributed by atoms with Gasteiger partial charge in [0.15, 0.2) is 6.10 Å². The first kappa shape index (κ1) is 21.2. The van der Waals surface area contributed by atoms with Crippen LogP contribution in [0.1, 0.15) is 58.3 Å². The van der Waals surface area contributed by atoms with Crippen molar-refractivity contribution in [1.29, 1.82) is 0 Å². The van der Waals surface area contributed by atoms with Crippen LogP contribution in [0.25, 0.3) is 11.1 Å². The van der Waals surface area contributed by atoms with Crippen LogP contribution in [0.15, 0.2) is 36.7 Å². The van der Waals surface area contributed by atoms with Crippen molar-refractivity contribution in [2.24, 2.45) is 0 Å². The number of esters is 1. The molecule has 1 aliphatic rings. The highest BCUT2D eigenvalue weighted by atomic mass is 16.6. The Hall–Kier alpha value is -2.47. The highest BCUT2D eigenvalue weighted by molar-refractivity contribution is 5.77. The van der Waals surface area contributed by atoms with E-state index >= 15 is 0 Å². The van der Waals surface area contributed by atoms with Crippen LogP contribution >= 0.6 is 0 Å².